The normalized spacial score (nSPS) is 11.5. The molecule has 0 radical (unpaired) electrons. The Kier molecular flexibility index (Phi) is 6.65. The van der Waals surface area contributed by atoms with Crippen molar-refractivity contribution in [2.24, 2.45) is 0 Å². The number of hydrogen-bond acceptors (Lipinski definition) is 4. The van der Waals surface area contributed by atoms with Gasteiger partial charge in [0.05, 0.1) is 9.90 Å². The van der Waals surface area contributed by atoms with E-state index in [0.29, 0.717) is 36.7 Å². The van der Waals surface area contributed by atoms with E-state index < -0.39 is 0 Å². The van der Waals surface area contributed by atoms with E-state index in [-0.39, 0.29) is 5.82 Å². The second kappa shape index (κ2) is 9.12. The van der Waals surface area contributed by atoms with Gasteiger partial charge in [-0.1, -0.05) is 60.0 Å². The van der Waals surface area contributed by atoms with Crippen LogP contribution in [0.3, 0.4) is 0 Å². The quantitative estimate of drug-likeness (QED) is 0.251. The monoisotopic (exact) mass is 511 g/mol. The molecule has 0 amide bonds. The highest BCUT2D eigenvalue weighted by molar-refractivity contribution is 8.01. The van der Waals surface area contributed by atoms with Gasteiger partial charge in [-0.3, -0.25) is 0 Å². The predicted molar refractivity (Wildman–Crippen MR) is 131 cm³/mol. The van der Waals surface area contributed by atoms with Gasteiger partial charge in [-0.05, 0) is 48.9 Å². The van der Waals surface area contributed by atoms with Crippen LogP contribution in [0.4, 0.5) is 4.39 Å². The van der Waals surface area contributed by atoms with Crippen LogP contribution in [0.1, 0.15) is 19.5 Å². The van der Waals surface area contributed by atoms with Crippen LogP contribution >= 0.6 is 57.9 Å². The molecule has 0 saturated carbocycles. The molecule has 0 saturated heterocycles. The van der Waals surface area contributed by atoms with Crippen LogP contribution in [-0.2, 0) is 0 Å². The maximum absolute atomic E-state index is 14.6. The molecule has 0 spiro atoms. The molecule has 4 rings (SSSR count). The van der Waals surface area contributed by atoms with Gasteiger partial charge in [0, 0.05) is 37.6 Å². The Hall–Kier alpha value is -1.57. The van der Waals surface area contributed by atoms with Crippen molar-refractivity contribution >= 4 is 57.9 Å². The molecule has 0 atom stereocenters. The van der Waals surface area contributed by atoms with E-state index in [0.717, 1.165) is 21.0 Å². The van der Waals surface area contributed by atoms with Gasteiger partial charge in [-0.2, -0.15) is 5.10 Å². The number of halogens is 4. The first kappa shape index (κ1) is 22.6. The topological polar surface area (TPSA) is 30.7 Å². The van der Waals surface area contributed by atoms with E-state index in [9.17, 15) is 4.39 Å². The maximum Gasteiger partial charge on any atom is 0.211 e. The van der Waals surface area contributed by atoms with Crippen LogP contribution < -0.4 is 0 Å². The number of thiazole rings is 1. The Balaban J connectivity index is 1.82. The lowest BCUT2D eigenvalue weighted by Crippen LogP contribution is -1.94. The van der Waals surface area contributed by atoms with Gasteiger partial charge in [0.15, 0.2) is 0 Å². The van der Waals surface area contributed by atoms with E-state index in [4.69, 9.17) is 39.8 Å². The predicted octanol–water partition coefficient (Wildman–Crippen LogP) is 8.57. The lowest BCUT2D eigenvalue weighted by Gasteiger charge is -2.06. The fraction of sp³-hybridized carbons (Fsp3) is 0.182. The summed E-state index contributed by atoms with van der Waals surface area (Å²) in [7, 11) is 0. The van der Waals surface area contributed by atoms with Gasteiger partial charge >= 0.3 is 0 Å². The van der Waals surface area contributed by atoms with Crippen molar-refractivity contribution in [2.45, 2.75) is 30.2 Å². The summed E-state index contributed by atoms with van der Waals surface area (Å²) in [5.74, 6) is -0.363. The van der Waals surface area contributed by atoms with E-state index in [1.54, 1.807) is 28.6 Å². The van der Waals surface area contributed by atoms with Crippen LogP contribution in [-0.4, -0.2) is 20.0 Å². The summed E-state index contributed by atoms with van der Waals surface area (Å²) in [4.78, 5) is 4.74. The minimum absolute atomic E-state index is 0.304. The van der Waals surface area contributed by atoms with E-state index >= 15 is 0 Å². The molecule has 0 aliphatic heterocycles. The van der Waals surface area contributed by atoms with Crippen molar-refractivity contribution < 1.29 is 4.39 Å². The second-order valence-electron chi connectivity index (χ2n) is 7.15. The number of rotatable bonds is 5. The van der Waals surface area contributed by atoms with E-state index in [1.807, 2.05) is 25.3 Å². The summed E-state index contributed by atoms with van der Waals surface area (Å²) in [6.07, 6.45) is 1.89. The molecule has 0 N–H and O–H groups in total. The smallest absolute Gasteiger partial charge is 0.211 e. The standard InChI is InChI=1S/C22H17Cl3FN3S2/c1-11(2)30-21-20(17-9-14(23)4-5-19(17)26)27-22(31-21)29-10-18(12(3)28-29)13-6-15(24)8-16(25)7-13/h4-11H,1-3H3. The van der Waals surface area contributed by atoms with Gasteiger partial charge in [-0.25, -0.2) is 14.1 Å². The van der Waals surface area contributed by atoms with Gasteiger partial charge in [0.2, 0.25) is 5.13 Å². The number of benzene rings is 2. The molecule has 0 bridgehead atoms. The van der Waals surface area contributed by atoms with Crippen molar-refractivity contribution in [3.8, 4) is 27.5 Å². The molecule has 0 aliphatic rings. The first-order valence-corrected chi connectivity index (χ1v) is 12.2. The molecule has 0 aliphatic carbocycles. The fourth-order valence-corrected chi connectivity index (χ4v) is 6.22. The van der Waals surface area contributed by atoms with Gasteiger partial charge in [0.1, 0.15) is 11.5 Å². The first-order chi connectivity index (χ1) is 14.7. The third-order valence-corrected chi connectivity index (χ3v) is 7.31. The van der Waals surface area contributed by atoms with E-state index in [2.05, 4.69) is 18.9 Å². The number of aromatic nitrogens is 3. The Morgan fingerprint density at radius 3 is 2.39 bits per heavy atom. The largest absolute Gasteiger partial charge is 0.217 e. The molecule has 2 heterocycles. The third-order valence-electron chi connectivity index (χ3n) is 4.38. The SMILES string of the molecule is Cc1nn(-c2nc(-c3cc(Cl)ccc3F)c(SC(C)C)s2)cc1-c1cc(Cl)cc(Cl)c1. The zero-order chi connectivity index (χ0) is 22.3. The van der Waals surface area contributed by atoms with Crippen LogP contribution in [0.15, 0.2) is 46.8 Å². The second-order valence-corrected chi connectivity index (χ2v) is 11.3. The zero-order valence-corrected chi connectivity index (χ0v) is 20.7. The number of aryl methyl sites for hydroxylation is 1. The molecule has 3 nitrogen and oxygen atoms in total. The van der Waals surface area contributed by atoms with Crippen molar-refractivity contribution in [1.29, 1.82) is 0 Å². The summed E-state index contributed by atoms with van der Waals surface area (Å²) >= 11 is 21.6. The molecule has 2 aromatic heterocycles. The Bertz CT molecular complexity index is 1250. The minimum atomic E-state index is -0.363. The minimum Gasteiger partial charge on any atom is -0.217 e. The van der Waals surface area contributed by atoms with Crippen LogP contribution in [0.25, 0.3) is 27.5 Å². The summed E-state index contributed by atoms with van der Waals surface area (Å²) in [5.41, 5.74) is 3.52. The summed E-state index contributed by atoms with van der Waals surface area (Å²) in [6, 6.07) is 9.87. The lowest BCUT2D eigenvalue weighted by molar-refractivity contribution is 0.630. The first-order valence-electron chi connectivity index (χ1n) is 9.37. The number of thioether (sulfide) groups is 1. The van der Waals surface area contributed by atoms with E-state index in [1.165, 1.54) is 23.5 Å². The Labute approximate surface area is 203 Å². The highest BCUT2D eigenvalue weighted by Crippen LogP contribution is 2.41. The fourth-order valence-electron chi connectivity index (χ4n) is 3.09. The summed E-state index contributed by atoms with van der Waals surface area (Å²) in [6.45, 7) is 6.08. The highest BCUT2D eigenvalue weighted by Gasteiger charge is 2.20. The molecule has 4 aromatic rings. The van der Waals surface area contributed by atoms with Crippen LogP contribution in [0, 0.1) is 12.7 Å². The molecule has 0 unspecified atom stereocenters. The van der Waals surface area contributed by atoms with Gasteiger partial charge < -0.3 is 0 Å². The zero-order valence-electron chi connectivity index (χ0n) is 16.8. The maximum atomic E-state index is 14.6. The Morgan fingerprint density at radius 2 is 1.71 bits per heavy atom. The van der Waals surface area contributed by atoms with Crippen LogP contribution in [0.2, 0.25) is 15.1 Å². The molecule has 2 aromatic carbocycles. The molecular formula is C22H17Cl3FN3S2. The Morgan fingerprint density at radius 1 is 1.00 bits per heavy atom. The van der Waals surface area contributed by atoms with Crippen molar-refractivity contribution in [3.05, 3.63) is 69.2 Å². The van der Waals surface area contributed by atoms with Crippen molar-refractivity contribution in [1.82, 2.24) is 14.8 Å². The van der Waals surface area contributed by atoms with Crippen molar-refractivity contribution in [2.75, 3.05) is 0 Å². The summed E-state index contributed by atoms with van der Waals surface area (Å²) < 4.78 is 17.2. The average molecular weight is 513 g/mol. The average Bonchev–Trinajstić information content (AvgIpc) is 3.26. The molecule has 0 fully saturated rings. The molecule has 31 heavy (non-hydrogen) atoms. The lowest BCUT2D eigenvalue weighted by atomic mass is 10.1. The van der Waals surface area contributed by atoms with Crippen molar-refractivity contribution in [3.63, 3.8) is 0 Å². The van der Waals surface area contributed by atoms with Gasteiger partial charge in [0.25, 0.3) is 0 Å². The highest BCUT2D eigenvalue weighted by atomic mass is 35.5. The molecular weight excluding hydrogens is 496 g/mol. The number of hydrogen-bond donors (Lipinski definition) is 0. The number of nitrogens with zero attached hydrogens (tertiary/aromatic N) is 3. The molecule has 9 heteroatoms. The summed E-state index contributed by atoms with van der Waals surface area (Å²) in [5, 5.41) is 7.14. The van der Waals surface area contributed by atoms with Crippen LogP contribution in [0.5, 0.6) is 0 Å². The third kappa shape index (κ3) is 4.94. The molecule has 160 valence electrons. The van der Waals surface area contributed by atoms with Gasteiger partial charge in [-0.15, -0.1) is 11.8 Å².